The lowest BCUT2D eigenvalue weighted by Crippen LogP contribution is -2.52. The summed E-state index contributed by atoms with van der Waals surface area (Å²) in [7, 11) is -3.76. The van der Waals surface area contributed by atoms with Gasteiger partial charge in [0.2, 0.25) is 0 Å². The number of ether oxygens (including phenoxy) is 1. The molecule has 0 spiro atoms. The van der Waals surface area contributed by atoms with Crippen LogP contribution >= 0.6 is 0 Å². The van der Waals surface area contributed by atoms with E-state index in [0.29, 0.717) is 37.5 Å². The predicted octanol–water partition coefficient (Wildman–Crippen LogP) is 2.51. The molecule has 0 aliphatic carbocycles. The van der Waals surface area contributed by atoms with Gasteiger partial charge in [-0.05, 0) is 55.5 Å². The summed E-state index contributed by atoms with van der Waals surface area (Å²) in [5.41, 5.74) is 1.34. The van der Waals surface area contributed by atoms with Crippen LogP contribution in [0.3, 0.4) is 0 Å². The third-order valence-electron chi connectivity index (χ3n) is 5.55. The molecule has 2 heterocycles. The van der Waals surface area contributed by atoms with Crippen molar-refractivity contribution >= 4 is 27.4 Å². The van der Waals surface area contributed by atoms with Gasteiger partial charge in [0.05, 0.1) is 16.5 Å². The highest BCUT2D eigenvalue weighted by atomic mass is 32.2. The number of aromatic nitrogens is 2. The van der Waals surface area contributed by atoms with Crippen LogP contribution in [0.2, 0.25) is 0 Å². The maximum absolute atomic E-state index is 12.8. The minimum Gasteiger partial charge on any atom is -0.481 e. The highest BCUT2D eigenvalue weighted by molar-refractivity contribution is 7.92. The number of sulfonamides is 1. The molecule has 1 amide bonds. The van der Waals surface area contributed by atoms with Gasteiger partial charge in [0.15, 0.2) is 6.10 Å². The molecule has 1 fully saturated rings. The summed E-state index contributed by atoms with van der Waals surface area (Å²) < 4.78 is 33.3. The number of carbonyl (C=O) groups excluding carboxylic acids is 1. The summed E-state index contributed by atoms with van der Waals surface area (Å²) in [6, 6.07) is 16.8. The van der Waals surface area contributed by atoms with Crippen LogP contribution in [-0.2, 0) is 14.8 Å². The molecule has 1 unspecified atom stereocenters. The number of benzene rings is 2. The van der Waals surface area contributed by atoms with Gasteiger partial charge in [-0.25, -0.2) is 18.4 Å². The SMILES string of the molecule is CC(Oc1cccc(C#N)c1)C(=O)N1CCN(c2ccc(S(=O)(=O)Nc3ccncn3)cc2)CC1.[HH]. The first-order chi connectivity index (χ1) is 16.9. The number of nitriles is 1. The van der Waals surface area contributed by atoms with Crippen molar-refractivity contribution in [3.8, 4) is 11.8 Å². The number of amides is 1. The maximum atomic E-state index is 12.8. The summed E-state index contributed by atoms with van der Waals surface area (Å²) in [6.45, 7) is 3.93. The summed E-state index contributed by atoms with van der Waals surface area (Å²) in [5, 5.41) is 9.02. The van der Waals surface area contributed by atoms with Gasteiger partial charge < -0.3 is 14.5 Å². The van der Waals surface area contributed by atoms with E-state index in [-0.39, 0.29) is 18.0 Å². The largest absolute Gasteiger partial charge is 0.481 e. The van der Waals surface area contributed by atoms with Crippen molar-refractivity contribution in [1.29, 1.82) is 5.26 Å². The van der Waals surface area contributed by atoms with E-state index in [1.54, 1.807) is 60.4 Å². The number of hydrogen-bond acceptors (Lipinski definition) is 8. The average molecular weight is 495 g/mol. The van der Waals surface area contributed by atoms with Crippen LogP contribution in [-0.4, -0.2) is 61.5 Å². The van der Waals surface area contributed by atoms with Crippen molar-refractivity contribution in [2.75, 3.05) is 35.8 Å². The molecule has 0 saturated carbocycles. The third kappa shape index (κ3) is 5.85. The summed E-state index contributed by atoms with van der Waals surface area (Å²) in [6.07, 6.45) is 2.05. The minimum absolute atomic E-state index is 0. The average Bonchev–Trinajstić information content (AvgIpc) is 2.89. The van der Waals surface area contributed by atoms with Crippen LogP contribution in [0.15, 0.2) is 72.0 Å². The Balaban J connectivity index is 0.00000361. The molecule has 10 nitrogen and oxygen atoms in total. The second-order valence-electron chi connectivity index (χ2n) is 7.91. The Morgan fingerprint density at radius 2 is 1.89 bits per heavy atom. The Hall–Kier alpha value is -4.17. The van der Waals surface area contributed by atoms with Gasteiger partial charge in [-0.15, -0.1) is 0 Å². The Morgan fingerprint density at radius 3 is 2.54 bits per heavy atom. The standard InChI is InChI=1S/C24H24N6O4S.H2/c1-18(34-21-4-2-3-19(15-21)16-25)24(31)30-13-11-29(12-14-30)20-5-7-22(8-6-20)35(32,33)28-23-9-10-26-17-27-23;/h2-10,15,17-18H,11-14H2,1H3,(H,26,27,28);1H. The molecular formula is C24H26N6O4S. The van der Waals surface area contributed by atoms with E-state index in [0.717, 1.165) is 5.69 Å². The molecular weight excluding hydrogens is 468 g/mol. The van der Waals surface area contributed by atoms with Crippen LogP contribution in [0, 0.1) is 11.3 Å². The number of anilines is 2. The smallest absolute Gasteiger partial charge is 0.263 e. The second-order valence-corrected chi connectivity index (χ2v) is 9.59. The number of nitrogens with one attached hydrogen (secondary N) is 1. The van der Waals surface area contributed by atoms with Gasteiger partial charge in [-0.2, -0.15) is 5.26 Å². The zero-order valence-corrected chi connectivity index (χ0v) is 19.9. The predicted molar refractivity (Wildman–Crippen MR) is 131 cm³/mol. The third-order valence-corrected chi connectivity index (χ3v) is 6.92. The first-order valence-corrected chi connectivity index (χ1v) is 12.4. The fourth-order valence-corrected chi connectivity index (χ4v) is 4.73. The quantitative estimate of drug-likeness (QED) is 0.531. The lowest BCUT2D eigenvalue weighted by molar-refractivity contribution is -0.138. The van der Waals surface area contributed by atoms with Crippen molar-refractivity contribution in [2.24, 2.45) is 0 Å². The van der Waals surface area contributed by atoms with Gasteiger partial charge in [-0.1, -0.05) is 6.07 Å². The van der Waals surface area contributed by atoms with E-state index in [1.807, 2.05) is 0 Å². The van der Waals surface area contributed by atoms with Gasteiger partial charge in [0.1, 0.15) is 17.9 Å². The molecule has 2 aromatic carbocycles. The molecule has 11 heteroatoms. The zero-order valence-electron chi connectivity index (χ0n) is 19.0. The molecule has 1 aromatic heterocycles. The molecule has 1 saturated heterocycles. The summed E-state index contributed by atoms with van der Waals surface area (Å²) in [4.78, 5) is 24.5. The maximum Gasteiger partial charge on any atom is 0.263 e. The second kappa shape index (κ2) is 10.4. The van der Waals surface area contributed by atoms with Crippen molar-refractivity contribution in [3.05, 3.63) is 72.7 Å². The van der Waals surface area contributed by atoms with Crippen LogP contribution in [0.4, 0.5) is 11.5 Å². The number of hydrogen-bond donors (Lipinski definition) is 1. The van der Waals surface area contributed by atoms with Gasteiger partial charge in [-0.3, -0.25) is 9.52 Å². The topological polar surface area (TPSA) is 129 Å². The van der Waals surface area contributed by atoms with E-state index < -0.39 is 16.1 Å². The van der Waals surface area contributed by atoms with Crippen LogP contribution < -0.4 is 14.4 Å². The number of rotatable bonds is 7. The highest BCUT2D eigenvalue weighted by Gasteiger charge is 2.26. The molecule has 3 aromatic rings. The van der Waals surface area contributed by atoms with E-state index in [4.69, 9.17) is 10.00 Å². The fraction of sp³-hybridized carbons (Fsp3) is 0.250. The highest BCUT2D eigenvalue weighted by Crippen LogP contribution is 2.22. The van der Waals surface area contributed by atoms with Gasteiger partial charge in [0, 0.05) is 39.5 Å². The zero-order chi connectivity index (χ0) is 24.8. The van der Waals surface area contributed by atoms with Crippen molar-refractivity contribution in [1.82, 2.24) is 14.9 Å². The van der Waals surface area contributed by atoms with Gasteiger partial charge in [0.25, 0.3) is 15.9 Å². The first kappa shape index (κ1) is 24.0. The molecule has 0 radical (unpaired) electrons. The molecule has 1 atom stereocenters. The van der Waals surface area contributed by atoms with Crippen molar-refractivity contribution < 1.29 is 19.4 Å². The van der Waals surface area contributed by atoms with E-state index in [2.05, 4.69) is 25.7 Å². The van der Waals surface area contributed by atoms with Crippen LogP contribution in [0.1, 0.15) is 13.9 Å². The fourth-order valence-electron chi connectivity index (χ4n) is 3.72. The molecule has 0 bridgehead atoms. The molecule has 4 rings (SSSR count). The molecule has 182 valence electrons. The number of piperazine rings is 1. The number of carbonyl (C=O) groups is 1. The molecule has 1 aliphatic heterocycles. The Bertz CT molecular complexity index is 1320. The van der Waals surface area contributed by atoms with E-state index in [9.17, 15) is 13.2 Å². The molecule has 35 heavy (non-hydrogen) atoms. The van der Waals surface area contributed by atoms with E-state index in [1.165, 1.54) is 18.6 Å². The summed E-state index contributed by atoms with van der Waals surface area (Å²) >= 11 is 0. The molecule has 1 aliphatic rings. The summed E-state index contributed by atoms with van der Waals surface area (Å²) in [5.74, 6) is 0.554. The Kier molecular flexibility index (Phi) is 7.12. The van der Waals surface area contributed by atoms with Crippen molar-refractivity contribution in [2.45, 2.75) is 17.9 Å². The van der Waals surface area contributed by atoms with Crippen LogP contribution in [0.5, 0.6) is 5.75 Å². The van der Waals surface area contributed by atoms with Crippen LogP contribution in [0.25, 0.3) is 0 Å². The lowest BCUT2D eigenvalue weighted by Gasteiger charge is -2.37. The molecule has 1 N–H and O–H groups in total. The Labute approximate surface area is 205 Å². The van der Waals surface area contributed by atoms with Crippen molar-refractivity contribution in [3.63, 3.8) is 0 Å². The normalized spacial score (nSPS) is 14.6. The lowest BCUT2D eigenvalue weighted by atomic mass is 10.2. The minimum atomic E-state index is -3.76. The van der Waals surface area contributed by atoms with Gasteiger partial charge >= 0.3 is 0 Å². The number of nitrogens with zero attached hydrogens (tertiary/aromatic N) is 5. The van der Waals surface area contributed by atoms with E-state index >= 15 is 0 Å². The Morgan fingerprint density at radius 1 is 1.14 bits per heavy atom. The monoisotopic (exact) mass is 494 g/mol. The first-order valence-electron chi connectivity index (χ1n) is 11.0.